The molecule has 0 fully saturated rings. The average molecular weight is 192 g/mol. The van der Waals surface area contributed by atoms with Gasteiger partial charge in [-0.3, -0.25) is 9.36 Å². The van der Waals surface area contributed by atoms with Crippen molar-refractivity contribution >= 4 is 0 Å². The van der Waals surface area contributed by atoms with Crippen molar-refractivity contribution in [2.75, 3.05) is 0 Å². The summed E-state index contributed by atoms with van der Waals surface area (Å²) in [5.41, 5.74) is 7.85. The maximum absolute atomic E-state index is 6.02. The second-order valence-electron chi connectivity index (χ2n) is 3.21. The average Bonchev–Trinajstić information content (AvgIpc) is 2.73. The Bertz CT molecular complexity index is 428. The van der Waals surface area contributed by atoms with E-state index in [0.29, 0.717) is 0 Å². The van der Waals surface area contributed by atoms with Crippen LogP contribution in [0.3, 0.4) is 0 Å². The van der Waals surface area contributed by atoms with Crippen LogP contribution in [0.5, 0.6) is 0 Å². The summed E-state index contributed by atoms with van der Waals surface area (Å²) in [6.45, 7) is 0. The summed E-state index contributed by atoms with van der Waals surface area (Å²) in [4.78, 5) is 0. The lowest BCUT2D eigenvalue weighted by molar-refractivity contribution is 0.650. The summed E-state index contributed by atoms with van der Waals surface area (Å²) >= 11 is 0. The normalized spacial score (nSPS) is 13.1. The molecule has 0 spiro atoms. The van der Waals surface area contributed by atoms with Gasteiger partial charge in [0.1, 0.15) is 0 Å². The lowest BCUT2D eigenvalue weighted by atomic mass is 10.1. The summed E-state index contributed by atoms with van der Waals surface area (Å²) < 4.78 is 3.39. The van der Waals surface area contributed by atoms with Crippen molar-refractivity contribution in [3.05, 3.63) is 29.8 Å². The number of nitrogens with zero attached hydrogens (tertiary/aromatic N) is 5. The molecule has 0 amide bonds. The molecule has 0 unspecified atom stereocenters. The molecular formula is C8H12N6. The third-order valence-electron chi connectivity index (χ3n) is 2.15. The molecule has 6 heteroatoms. The van der Waals surface area contributed by atoms with Crippen LogP contribution in [0.15, 0.2) is 18.6 Å². The zero-order valence-corrected chi connectivity index (χ0v) is 8.12. The molecule has 0 saturated carbocycles. The fourth-order valence-corrected chi connectivity index (χ4v) is 1.35. The molecule has 0 saturated heterocycles. The topological polar surface area (TPSA) is 74.6 Å². The highest BCUT2D eigenvalue weighted by Crippen LogP contribution is 2.16. The standard InChI is InChI=1S/C8H12N6/c1-13-5-6(3-11-13)8(9)7-4-10-12-14(7)2/h3-5,8H,9H2,1-2H3/t8-/m1/s1. The van der Waals surface area contributed by atoms with Gasteiger partial charge in [-0.2, -0.15) is 5.10 Å². The zero-order valence-electron chi connectivity index (χ0n) is 8.12. The molecule has 14 heavy (non-hydrogen) atoms. The van der Waals surface area contributed by atoms with E-state index < -0.39 is 0 Å². The van der Waals surface area contributed by atoms with Gasteiger partial charge in [-0.1, -0.05) is 5.21 Å². The number of aryl methyl sites for hydroxylation is 2. The van der Waals surface area contributed by atoms with Crippen molar-refractivity contribution in [2.24, 2.45) is 19.8 Å². The summed E-state index contributed by atoms with van der Waals surface area (Å²) in [5.74, 6) is 0. The van der Waals surface area contributed by atoms with Gasteiger partial charge in [0.25, 0.3) is 0 Å². The first-order chi connectivity index (χ1) is 6.68. The van der Waals surface area contributed by atoms with Gasteiger partial charge in [-0.15, -0.1) is 5.10 Å². The minimum Gasteiger partial charge on any atom is -0.319 e. The number of aromatic nitrogens is 5. The van der Waals surface area contributed by atoms with Gasteiger partial charge in [0.2, 0.25) is 0 Å². The highest BCUT2D eigenvalue weighted by Gasteiger charge is 2.14. The molecule has 0 aliphatic rings. The summed E-state index contributed by atoms with van der Waals surface area (Å²) in [6.07, 6.45) is 5.30. The van der Waals surface area contributed by atoms with Gasteiger partial charge in [-0.05, 0) is 0 Å². The smallest absolute Gasteiger partial charge is 0.0797 e. The second-order valence-corrected chi connectivity index (χ2v) is 3.21. The van der Waals surface area contributed by atoms with E-state index in [-0.39, 0.29) is 6.04 Å². The van der Waals surface area contributed by atoms with Crippen LogP contribution < -0.4 is 5.73 Å². The lowest BCUT2D eigenvalue weighted by Gasteiger charge is -2.07. The number of nitrogens with two attached hydrogens (primary N) is 1. The maximum Gasteiger partial charge on any atom is 0.0797 e. The minimum absolute atomic E-state index is 0.219. The number of hydrogen-bond acceptors (Lipinski definition) is 4. The van der Waals surface area contributed by atoms with Crippen LogP contribution in [0.2, 0.25) is 0 Å². The van der Waals surface area contributed by atoms with Crippen molar-refractivity contribution in [1.29, 1.82) is 0 Å². The minimum atomic E-state index is -0.219. The van der Waals surface area contributed by atoms with Crippen LogP contribution in [-0.2, 0) is 14.1 Å². The highest BCUT2D eigenvalue weighted by atomic mass is 15.4. The largest absolute Gasteiger partial charge is 0.319 e. The van der Waals surface area contributed by atoms with Crippen LogP contribution >= 0.6 is 0 Å². The molecular weight excluding hydrogens is 180 g/mol. The number of rotatable bonds is 2. The Morgan fingerprint density at radius 2 is 2.14 bits per heavy atom. The maximum atomic E-state index is 6.02. The van der Waals surface area contributed by atoms with E-state index >= 15 is 0 Å². The lowest BCUT2D eigenvalue weighted by Crippen LogP contribution is -2.15. The van der Waals surface area contributed by atoms with Crippen molar-refractivity contribution in [3.63, 3.8) is 0 Å². The van der Waals surface area contributed by atoms with Gasteiger partial charge in [0, 0.05) is 25.9 Å². The van der Waals surface area contributed by atoms with Crippen LogP contribution in [0.1, 0.15) is 17.3 Å². The SMILES string of the molecule is Cn1cc([C@@H](N)c2cnnn2C)cn1. The first-order valence-corrected chi connectivity index (χ1v) is 4.27. The molecule has 2 aromatic rings. The van der Waals surface area contributed by atoms with Gasteiger partial charge in [0.05, 0.1) is 24.1 Å². The fraction of sp³-hybridized carbons (Fsp3) is 0.375. The van der Waals surface area contributed by atoms with Gasteiger partial charge < -0.3 is 5.73 Å². The van der Waals surface area contributed by atoms with E-state index in [9.17, 15) is 0 Å². The van der Waals surface area contributed by atoms with E-state index in [4.69, 9.17) is 5.73 Å². The molecule has 2 rings (SSSR count). The van der Waals surface area contributed by atoms with E-state index in [1.54, 1.807) is 21.8 Å². The van der Waals surface area contributed by atoms with E-state index in [1.165, 1.54) is 0 Å². The first kappa shape index (κ1) is 8.89. The molecule has 0 radical (unpaired) electrons. The third kappa shape index (κ3) is 1.39. The quantitative estimate of drug-likeness (QED) is 0.702. The van der Waals surface area contributed by atoms with Crippen molar-refractivity contribution in [3.8, 4) is 0 Å². The van der Waals surface area contributed by atoms with Crippen LogP contribution in [0, 0.1) is 0 Å². The molecule has 6 nitrogen and oxygen atoms in total. The molecule has 2 aromatic heterocycles. The van der Waals surface area contributed by atoms with Crippen LogP contribution in [0.4, 0.5) is 0 Å². The predicted molar refractivity (Wildman–Crippen MR) is 50.2 cm³/mol. The predicted octanol–water partition coefficient (Wildman–Crippen LogP) is -0.403. The van der Waals surface area contributed by atoms with E-state index in [1.807, 2.05) is 20.3 Å². The van der Waals surface area contributed by atoms with Gasteiger partial charge >= 0.3 is 0 Å². The van der Waals surface area contributed by atoms with Gasteiger partial charge in [0.15, 0.2) is 0 Å². The molecule has 0 aliphatic heterocycles. The van der Waals surface area contributed by atoms with Crippen molar-refractivity contribution in [1.82, 2.24) is 24.8 Å². The molecule has 0 aromatic carbocycles. The summed E-state index contributed by atoms with van der Waals surface area (Å²) in [5, 5.41) is 11.7. The molecule has 1 atom stereocenters. The molecule has 2 N–H and O–H groups in total. The van der Waals surface area contributed by atoms with Crippen molar-refractivity contribution < 1.29 is 0 Å². The Hall–Kier alpha value is -1.69. The Kier molecular flexibility index (Phi) is 2.05. The highest BCUT2D eigenvalue weighted by molar-refractivity contribution is 5.20. The molecule has 0 aliphatic carbocycles. The Balaban J connectivity index is 2.33. The van der Waals surface area contributed by atoms with Gasteiger partial charge in [-0.25, -0.2) is 0 Å². The second kappa shape index (κ2) is 3.22. The molecule has 74 valence electrons. The number of hydrogen-bond donors (Lipinski definition) is 1. The van der Waals surface area contributed by atoms with Crippen molar-refractivity contribution in [2.45, 2.75) is 6.04 Å². The molecule has 0 bridgehead atoms. The zero-order chi connectivity index (χ0) is 10.1. The van der Waals surface area contributed by atoms with Crippen LogP contribution in [0.25, 0.3) is 0 Å². The van der Waals surface area contributed by atoms with E-state index in [0.717, 1.165) is 11.3 Å². The third-order valence-corrected chi connectivity index (χ3v) is 2.15. The Morgan fingerprint density at radius 3 is 2.64 bits per heavy atom. The summed E-state index contributed by atoms with van der Waals surface area (Å²) in [7, 11) is 3.68. The Labute approximate surface area is 81.3 Å². The monoisotopic (exact) mass is 192 g/mol. The molecule has 2 heterocycles. The Morgan fingerprint density at radius 1 is 1.36 bits per heavy atom. The first-order valence-electron chi connectivity index (χ1n) is 4.27. The fourth-order valence-electron chi connectivity index (χ4n) is 1.35. The van der Waals surface area contributed by atoms with E-state index in [2.05, 4.69) is 15.4 Å². The van der Waals surface area contributed by atoms with Crippen LogP contribution in [-0.4, -0.2) is 24.8 Å². The summed E-state index contributed by atoms with van der Waals surface area (Å²) in [6, 6.07) is -0.219.